The van der Waals surface area contributed by atoms with Gasteiger partial charge in [-0.15, -0.1) is 0 Å². The maximum absolute atomic E-state index is 13.8. The molecule has 0 aliphatic rings. The molecule has 0 saturated heterocycles. The summed E-state index contributed by atoms with van der Waals surface area (Å²) in [5, 5.41) is 3.81. The van der Waals surface area contributed by atoms with Gasteiger partial charge in [-0.05, 0) is 47.4 Å². The number of nitrogens with zero attached hydrogens (tertiary/aromatic N) is 1. The normalized spacial score (nSPS) is 11.5. The van der Waals surface area contributed by atoms with E-state index in [2.05, 4.69) is 5.32 Å². The summed E-state index contributed by atoms with van der Waals surface area (Å²) in [4.78, 5) is 28.8. The number of carbonyl (C=O) groups excluding carboxylic acids is 2. The number of nitrogens with one attached hydrogen (secondary N) is 1. The van der Waals surface area contributed by atoms with Crippen LogP contribution in [0.4, 0.5) is 0 Å². The lowest BCUT2D eigenvalue weighted by molar-refractivity contribution is -0.140. The fourth-order valence-electron chi connectivity index (χ4n) is 3.84. The van der Waals surface area contributed by atoms with Crippen LogP contribution < -0.4 is 10.1 Å². The second-order valence-electron chi connectivity index (χ2n) is 8.25. The molecule has 0 saturated carbocycles. The van der Waals surface area contributed by atoms with Crippen molar-refractivity contribution in [2.75, 3.05) is 13.7 Å². The maximum atomic E-state index is 13.8. The van der Waals surface area contributed by atoms with E-state index in [-0.39, 0.29) is 24.8 Å². The Morgan fingerprint density at radius 3 is 2.26 bits per heavy atom. The molecule has 5 nitrogen and oxygen atoms in total. The van der Waals surface area contributed by atoms with Gasteiger partial charge in [-0.3, -0.25) is 9.59 Å². The third kappa shape index (κ3) is 7.48. The van der Waals surface area contributed by atoms with Gasteiger partial charge in [-0.2, -0.15) is 0 Å². The standard InChI is InChI=1S/C28H30Cl2N2O3/c1-3-15-31-28(34)26(17-20-9-5-4-6-10-20)32(19-21-11-7-12-22(16-21)35-2)27(33)18-23-24(29)13-8-14-25(23)30/h4-14,16,26H,3,15,17-19H2,1-2H3,(H,31,34). The van der Waals surface area contributed by atoms with Gasteiger partial charge in [0.05, 0.1) is 13.5 Å². The molecule has 0 radical (unpaired) electrons. The van der Waals surface area contributed by atoms with Gasteiger partial charge >= 0.3 is 0 Å². The van der Waals surface area contributed by atoms with Crippen molar-refractivity contribution in [2.24, 2.45) is 0 Å². The fraction of sp³-hybridized carbons (Fsp3) is 0.286. The summed E-state index contributed by atoms with van der Waals surface area (Å²) < 4.78 is 5.36. The van der Waals surface area contributed by atoms with E-state index in [1.54, 1.807) is 30.2 Å². The summed E-state index contributed by atoms with van der Waals surface area (Å²) >= 11 is 12.7. The molecule has 0 spiro atoms. The van der Waals surface area contributed by atoms with Crippen LogP contribution in [0.2, 0.25) is 10.0 Å². The van der Waals surface area contributed by atoms with Gasteiger partial charge in [0, 0.05) is 29.6 Å². The number of amides is 2. The number of hydrogen-bond acceptors (Lipinski definition) is 3. The first-order chi connectivity index (χ1) is 16.9. The summed E-state index contributed by atoms with van der Waals surface area (Å²) in [6.45, 7) is 2.75. The van der Waals surface area contributed by atoms with Gasteiger partial charge in [-0.1, -0.05) is 78.7 Å². The number of methoxy groups -OCH3 is 1. The highest BCUT2D eigenvalue weighted by atomic mass is 35.5. The lowest BCUT2D eigenvalue weighted by Crippen LogP contribution is -2.51. The van der Waals surface area contributed by atoms with Crippen molar-refractivity contribution in [1.29, 1.82) is 0 Å². The minimum atomic E-state index is -0.719. The minimum absolute atomic E-state index is 0.0190. The van der Waals surface area contributed by atoms with E-state index in [1.165, 1.54) is 0 Å². The van der Waals surface area contributed by atoms with Gasteiger partial charge in [-0.25, -0.2) is 0 Å². The first-order valence-corrected chi connectivity index (χ1v) is 12.4. The molecule has 1 unspecified atom stereocenters. The van der Waals surface area contributed by atoms with Gasteiger partial charge in [0.15, 0.2) is 0 Å². The molecule has 3 aromatic rings. The molecule has 1 N–H and O–H groups in total. The largest absolute Gasteiger partial charge is 0.497 e. The summed E-state index contributed by atoms with van der Waals surface area (Å²) in [5.74, 6) is 0.242. The Bertz CT molecular complexity index is 1120. The van der Waals surface area contributed by atoms with Crippen LogP contribution in [0.1, 0.15) is 30.0 Å². The molecular formula is C28H30Cl2N2O3. The molecule has 1 atom stereocenters. The molecule has 35 heavy (non-hydrogen) atoms. The van der Waals surface area contributed by atoms with Crippen LogP contribution >= 0.6 is 23.2 Å². The Morgan fingerprint density at radius 2 is 1.60 bits per heavy atom. The highest BCUT2D eigenvalue weighted by Gasteiger charge is 2.31. The number of carbonyl (C=O) groups is 2. The molecular weight excluding hydrogens is 483 g/mol. The Morgan fingerprint density at radius 1 is 0.943 bits per heavy atom. The van der Waals surface area contributed by atoms with Crippen LogP contribution in [0.15, 0.2) is 72.8 Å². The quantitative estimate of drug-likeness (QED) is 0.357. The molecule has 7 heteroatoms. The molecule has 0 bridgehead atoms. The van der Waals surface area contributed by atoms with E-state index in [4.69, 9.17) is 27.9 Å². The van der Waals surface area contributed by atoms with E-state index in [9.17, 15) is 9.59 Å². The second kappa shape index (κ2) is 13.2. The van der Waals surface area contributed by atoms with Crippen LogP contribution in [0.5, 0.6) is 5.75 Å². The first-order valence-electron chi connectivity index (χ1n) is 11.6. The number of rotatable bonds is 11. The zero-order valence-corrected chi connectivity index (χ0v) is 21.5. The van der Waals surface area contributed by atoms with E-state index >= 15 is 0 Å². The summed E-state index contributed by atoms with van der Waals surface area (Å²) in [6.07, 6.45) is 1.15. The summed E-state index contributed by atoms with van der Waals surface area (Å²) in [5.41, 5.74) is 2.36. The van der Waals surface area contributed by atoms with Crippen molar-refractivity contribution in [1.82, 2.24) is 10.2 Å². The molecule has 2 amide bonds. The molecule has 0 fully saturated rings. The highest BCUT2D eigenvalue weighted by molar-refractivity contribution is 6.36. The third-order valence-electron chi connectivity index (χ3n) is 5.70. The second-order valence-corrected chi connectivity index (χ2v) is 9.06. The van der Waals surface area contributed by atoms with E-state index < -0.39 is 6.04 Å². The first kappa shape index (κ1) is 26.6. The average Bonchev–Trinajstić information content (AvgIpc) is 2.87. The molecule has 0 aliphatic heterocycles. The van der Waals surface area contributed by atoms with E-state index in [0.29, 0.717) is 34.3 Å². The van der Waals surface area contributed by atoms with Crippen molar-refractivity contribution in [3.05, 3.63) is 99.5 Å². The number of halogens is 2. The fourth-order valence-corrected chi connectivity index (χ4v) is 4.37. The number of ether oxygens (including phenoxy) is 1. The molecule has 3 rings (SSSR count). The molecule has 0 heterocycles. The summed E-state index contributed by atoms with van der Waals surface area (Å²) in [6, 6.07) is 21.6. The van der Waals surface area contributed by atoms with Gasteiger partial charge in [0.1, 0.15) is 11.8 Å². The number of benzene rings is 3. The van der Waals surface area contributed by atoms with Crippen molar-refractivity contribution in [2.45, 2.75) is 38.8 Å². The van der Waals surface area contributed by atoms with Crippen molar-refractivity contribution < 1.29 is 14.3 Å². The summed E-state index contributed by atoms with van der Waals surface area (Å²) in [7, 11) is 1.60. The third-order valence-corrected chi connectivity index (χ3v) is 6.41. The average molecular weight is 513 g/mol. The topological polar surface area (TPSA) is 58.6 Å². The zero-order valence-electron chi connectivity index (χ0n) is 20.0. The van der Waals surface area contributed by atoms with Crippen molar-refractivity contribution in [3.8, 4) is 5.75 Å². The van der Waals surface area contributed by atoms with Crippen LogP contribution in [-0.4, -0.2) is 36.4 Å². The van der Waals surface area contributed by atoms with Crippen LogP contribution in [0.25, 0.3) is 0 Å². The van der Waals surface area contributed by atoms with Gasteiger partial charge < -0.3 is 15.0 Å². The maximum Gasteiger partial charge on any atom is 0.243 e. The zero-order chi connectivity index (χ0) is 25.2. The number of hydrogen-bond donors (Lipinski definition) is 1. The highest BCUT2D eigenvalue weighted by Crippen LogP contribution is 2.26. The molecule has 0 aliphatic carbocycles. The van der Waals surface area contributed by atoms with E-state index in [1.807, 2.05) is 61.5 Å². The van der Waals surface area contributed by atoms with Crippen molar-refractivity contribution >= 4 is 35.0 Å². The van der Waals surface area contributed by atoms with Crippen LogP contribution in [0, 0.1) is 0 Å². The Balaban J connectivity index is 2.00. The smallest absolute Gasteiger partial charge is 0.243 e. The van der Waals surface area contributed by atoms with Crippen LogP contribution in [-0.2, 0) is 29.0 Å². The lowest BCUT2D eigenvalue weighted by Gasteiger charge is -2.32. The Kier molecular flexibility index (Phi) is 10.0. The Hall–Kier alpha value is -3.02. The van der Waals surface area contributed by atoms with Crippen molar-refractivity contribution in [3.63, 3.8) is 0 Å². The van der Waals surface area contributed by atoms with Crippen LogP contribution in [0.3, 0.4) is 0 Å². The lowest BCUT2D eigenvalue weighted by atomic mass is 10.0. The molecule has 0 aromatic heterocycles. The molecule has 3 aromatic carbocycles. The van der Waals surface area contributed by atoms with E-state index in [0.717, 1.165) is 17.5 Å². The molecule has 184 valence electrons. The van der Waals surface area contributed by atoms with Gasteiger partial charge in [0.25, 0.3) is 0 Å². The minimum Gasteiger partial charge on any atom is -0.497 e. The predicted molar refractivity (Wildman–Crippen MR) is 141 cm³/mol. The van der Waals surface area contributed by atoms with Gasteiger partial charge in [0.2, 0.25) is 11.8 Å². The predicted octanol–water partition coefficient (Wildman–Crippen LogP) is 5.71. The Labute approximate surface area is 217 Å². The SMILES string of the molecule is CCCNC(=O)C(Cc1ccccc1)N(Cc1cccc(OC)c1)C(=O)Cc1c(Cl)cccc1Cl. The monoisotopic (exact) mass is 512 g/mol.